The molecule has 5 heteroatoms. The van der Waals surface area contributed by atoms with Crippen LogP contribution in [0.2, 0.25) is 0 Å². The quantitative estimate of drug-likeness (QED) is 0.635. The van der Waals surface area contributed by atoms with Crippen molar-refractivity contribution >= 4 is 6.09 Å². The minimum Gasteiger partial charge on any atom is -0.438 e. The molecule has 2 aromatic carbocycles. The van der Waals surface area contributed by atoms with Crippen molar-refractivity contribution < 1.29 is 14.6 Å². The molecule has 0 radical (unpaired) electrons. The zero-order valence-corrected chi connectivity index (χ0v) is 20.5. The van der Waals surface area contributed by atoms with E-state index < -0.39 is 11.2 Å². The third-order valence-electron chi connectivity index (χ3n) is 7.37. The Labute approximate surface area is 198 Å². The summed E-state index contributed by atoms with van der Waals surface area (Å²) in [5.74, 6) is 0.624. The van der Waals surface area contributed by atoms with Crippen LogP contribution in [0.5, 0.6) is 0 Å². The van der Waals surface area contributed by atoms with Gasteiger partial charge in [-0.25, -0.2) is 4.79 Å². The second-order valence-electron chi connectivity index (χ2n) is 10.6. The third-order valence-corrected chi connectivity index (χ3v) is 7.37. The lowest BCUT2D eigenvalue weighted by molar-refractivity contribution is -0.101. The van der Waals surface area contributed by atoms with E-state index in [2.05, 4.69) is 43.1 Å². The predicted molar refractivity (Wildman–Crippen MR) is 131 cm³/mol. The topological polar surface area (TPSA) is 53.0 Å². The van der Waals surface area contributed by atoms with E-state index in [4.69, 9.17) is 4.74 Å². The van der Waals surface area contributed by atoms with Gasteiger partial charge in [0.1, 0.15) is 5.60 Å². The van der Waals surface area contributed by atoms with E-state index >= 15 is 0 Å². The highest BCUT2D eigenvalue weighted by Gasteiger charge is 2.46. The first-order valence-electron chi connectivity index (χ1n) is 12.2. The normalized spacial score (nSPS) is 23.9. The zero-order chi connectivity index (χ0) is 23.6. The number of ether oxygens (including phenoxy) is 1. The van der Waals surface area contributed by atoms with Gasteiger partial charge in [-0.3, -0.25) is 0 Å². The van der Waals surface area contributed by atoms with Crippen LogP contribution in [-0.2, 0) is 10.3 Å². The molecule has 178 valence electrons. The van der Waals surface area contributed by atoms with Gasteiger partial charge in [-0.1, -0.05) is 54.6 Å². The first kappa shape index (κ1) is 23.8. The fourth-order valence-electron chi connectivity index (χ4n) is 5.46. The van der Waals surface area contributed by atoms with Crippen molar-refractivity contribution in [2.45, 2.75) is 69.6 Å². The minimum absolute atomic E-state index is 0.0695. The number of piperidine rings is 1. The van der Waals surface area contributed by atoms with Crippen LogP contribution in [0.4, 0.5) is 4.79 Å². The van der Waals surface area contributed by atoms with Gasteiger partial charge in [0.2, 0.25) is 0 Å². The average molecular weight is 451 g/mol. The maximum Gasteiger partial charge on any atom is 0.411 e. The number of likely N-dealkylation sites (tertiary alicyclic amines) is 1. The summed E-state index contributed by atoms with van der Waals surface area (Å²) in [6.45, 7) is 8.49. The molecule has 33 heavy (non-hydrogen) atoms. The molecule has 0 aliphatic carbocycles. The average Bonchev–Trinajstić information content (AvgIpc) is 2.79. The van der Waals surface area contributed by atoms with E-state index in [1.165, 1.54) is 18.4 Å². The second-order valence-corrected chi connectivity index (χ2v) is 10.6. The van der Waals surface area contributed by atoms with Crippen LogP contribution in [-0.4, -0.2) is 53.3 Å². The lowest BCUT2D eigenvalue weighted by Gasteiger charge is -2.45. The monoisotopic (exact) mass is 450 g/mol. The lowest BCUT2D eigenvalue weighted by atomic mass is 9.80. The Morgan fingerprint density at radius 3 is 2.27 bits per heavy atom. The summed E-state index contributed by atoms with van der Waals surface area (Å²) < 4.78 is 6.14. The maximum absolute atomic E-state index is 13.2. The van der Waals surface area contributed by atoms with Crippen LogP contribution in [0, 0.1) is 0 Å². The molecule has 1 amide bonds. The number of nitrogens with zero attached hydrogens (tertiary/aromatic N) is 2. The number of rotatable bonds is 6. The Balaban J connectivity index is 1.48. The highest BCUT2D eigenvalue weighted by molar-refractivity contribution is 5.70. The Morgan fingerprint density at radius 2 is 1.70 bits per heavy atom. The molecule has 2 aliphatic rings. The van der Waals surface area contributed by atoms with E-state index in [0.717, 1.165) is 24.2 Å². The van der Waals surface area contributed by atoms with Gasteiger partial charge in [0, 0.05) is 19.4 Å². The smallest absolute Gasteiger partial charge is 0.411 e. The molecule has 0 bridgehead atoms. The number of hydrogen-bond acceptors (Lipinski definition) is 4. The summed E-state index contributed by atoms with van der Waals surface area (Å²) in [7, 11) is 2.19. The molecule has 4 rings (SSSR count). The van der Waals surface area contributed by atoms with Crippen molar-refractivity contribution in [3.63, 3.8) is 0 Å². The predicted octanol–water partition coefficient (Wildman–Crippen LogP) is 5.46. The lowest BCUT2D eigenvalue weighted by Crippen LogP contribution is -2.51. The third kappa shape index (κ3) is 5.42. The molecule has 0 spiro atoms. The molecule has 0 saturated carbocycles. The SMILES string of the molecule is C[C@@H](c1ccc(C2CCN(C)CC2)cc1)N1CCC(CC(C)(C)O)(c2ccccc2)OC1=O. The van der Waals surface area contributed by atoms with Gasteiger partial charge in [-0.2, -0.15) is 0 Å². The Morgan fingerprint density at radius 1 is 1.06 bits per heavy atom. The maximum atomic E-state index is 13.2. The van der Waals surface area contributed by atoms with Gasteiger partial charge in [0.05, 0.1) is 11.6 Å². The molecule has 2 fully saturated rings. The van der Waals surface area contributed by atoms with Crippen LogP contribution < -0.4 is 0 Å². The molecule has 2 heterocycles. The number of benzene rings is 2. The Hall–Kier alpha value is -2.37. The molecule has 1 N–H and O–H groups in total. The molecule has 0 aromatic heterocycles. The van der Waals surface area contributed by atoms with Crippen molar-refractivity contribution in [3.8, 4) is 0 Å². The van der Waals surface area contributed by atoms with Crippen LogP contribution in [0.1, 0.15) is 75.1 Å². The van der Waals surface area contributed by atoms with Gasteiger partial charge < -0.3 is 19.6 Å². The highest BCUT2D eigenvalue weighted by atomic mass is 16.6. The van der Waals surface area contributed by atoms with E-state index in [1.807, 2.05) is 35.2 Å². The van der Waals surface area contributed by atoms with Crippen molar-refractivity contribution in [1.82, 2.24) is 9.80 Å². The van der Waals surface area contributed by atoms with E-state index in [-0.39, 0.29) is 12.1 Å². The fraction of sp³-hybridized carbons (Fsp3) is 0.536. The molecule has 2 aliphatic heterocycles. The molecule has 5 nitrogen and oxygen atoms in total. The van der Waals surface area contributed by atoms with Gasteiger partial charge in [-0.15, -0.1) is 0 Å². The summed E-state index contributed by atoms with van der Waals surface area (Å²) in [4.78, 5) is 17.5. The number of aliphatic hydroxyl groups is 1. The van der Waals surface area contributed by atoms with Crippen LogP contribution in [0.15, 0.2) is 54.6 Å². The van der Waals surface area contributed by atoms with Gasteiger partial charge in [0.15, 0.2) is 0 Å². The van der Waals surface area contributed by atoms with Crippen molar-refractivity contribution in [2.75, 3.05) is 26.7 Å². The van der Waals surface area contributed by atoms with Gasteiger partial charge in [0.25, 0.3) is 0 Å². The number of amides is 1. The Bertz CT molecular complexity index is 930. The van der Waals surface area contributed by atoms with Crippen molar-refractivity contribution in [1.29, 1.82) is 0 Å². The van der Waals surface area contributed by atoms with Crippen LogP contribution in [0.25, 0.3) is 0 Å². The summed E-state index contributed by atoms with van der Waals surface area (Å²) in [6, 6.07) is 18.6. The molecule has 2 aromatic rings. The highest BCUT2D eigenvalue weighted by Crippen LogP contribution is 2.42. The molecular formula is C28H38N2O3. The number of carbonyl (C=O) groups is 1. The van der Waals surface area contributed by atoms with Crippen molar-refractivity contribution in [3.05, 3.63) is 71.3 Å². The summed E-state index contributed by atoms with van der Waals surface area (Å²) >= 11 is 0. The largest absolute Gasteiger partial charge is 0.438 e. The van der Waals surface area contributed by atoms with E-state index in [9.17, 15) is 9.90 Å². The summed E-state index contributed by atoms with van der Waals surface area (Å²) in [6.07, 6.45) is 3.09. The van der Waals surface area contributed by atoms with E-state index in [0.29, 0.717) is 25.3 Å². The minimum atomic E-state index is -0.951. The Kier molecular flexibility index (Phi) is 6.83. The molecular weight excluding hydrogens is 412 g/mol. The molecule has 1 unspecified atom stereocenters. The molecule has 2 saturated heterocycles. The summed E-state index contributed by atoms with van der Waals surface area (Å²) in [5, 5.41) is 10.6. The van der Waals surface area contributed by atoms with E-state index in [1.54, 1.807) is 13.8 Å². The van der Waals surface area contributed by atoms with Gasteiger partial charge >= 0.3 is 6.09 Å². The number of carbonyl (C=O) groups excluding carboxylic acids is 1. The van der Waals surface area contributed by atoms with Crippen molar-refractivity contribution in [2.24, 2.45) is 0 Å². The summed E-state index contributed by atoms with van der Waals surface area (Å²) in [5.41, 5.74) is 1.69. The standard InChI is InChI=1S/C28H38N2O3/c1-21(22-10-12-23(13-11-22)24-14-17-29(4)18-15-24)30-19-16-28(33-26(30)31,20-27(2,3)32)25-8-6-5-7-9-25/h5-13,21,24,32H,14-20H2,1-4H3/t21-,28?/m0/s1. The first-order valence-corrected chi connectivity index (χ1v) is 12.2. The second kappa shape index (κ2) is 9.47. The number of hydrogen-bond donors (Lipinski definition) is 1. The van der Waals surface area contributed by atoms with Crippen LogP contribution in [0.3, 0.4) is 0 Å². The van der Waals surface area contributed by atoms with Gasteiger partial charge in [-0.05, 0) is 76.4 Å². The molecule has 2 atom stereocenters. The first-order chi connectivity index (χ1) is 15.7. The van der Waals surface area contributed by atoms with Crippen LogP contribution >= 0.6 is 0 Å². The zero-order valence-electron chi connectivity index (χ0n) is 20.5. The fourth-order valence-corrected chi connectivity index (χ4v) is 5.46. The number of cyclic esters (lactones) is 1.